The highest BCUT2D eigenvalue weighted by Crippen LogP contribution is 2.35. The van der Waals surface area contributed by atoms with Crippen LogP contribution in [0.25, 0.3) is 0 Å². The minimum absolute atomic E-state index is 0.117. The largest absolute Gasteiger partial charge is 0.493 e. The molecule has 0 saturated heterocycles. The van der Waals surface area contributed by atoms with Gasteiger partial charge in [0.15, 0.2) is 11.5 Å². The molecule has 5 nitrogen and oxygen atoms in total. The van der Waals surface area contributed by atoms with E-state index in [2.05, 4.69) is 0 Å². The minimum Gasteiger partial charge on any atom is -0.493 e. The van der Waals surface area contributed by atoms with E-state index in [1.165, 1.54) is 7.11 Å². The second kappa shape index (κ2) is 7.15. The average molecular weight is 323 g/mol. The fourth-order valence-corrected chi connectivity index (χ4v) is 2.17. The van der Waals surface area contributed by atoms with E-state index in [1.54, 1.807) is 36.4 Å². The molecule has 0 bridgehead atoms. The minimum atomic E-state index is -0.932. The molecule has 0 spiro atoms. The van der Waals surface area contributed by atoms with Crippen molar-refractivity contribution in [2.45, 2.75) is 13.0 Å². The molecule has 0 aromatic heterocycles. The third-order valence-electron chi connectivity index (χ3n) is 3.00. The van der Waals surface area contributed by atoms with Gasteiger partial charge in [-0.3, -0.25) is 4.79 Å². The van der Waals surface area contributed by atoms with E-state index >= 15 is 0 Å². The fourth-order valence-electron chi connectivity index (χ4n) is 1.98. The van der Waals surface area contributed by atoms with E-state index in [1.807, 2.05) is 0 Å². The van der Waals surface area contributed by atoms with Gasteiger partial charge in [-0.1, -0.05) is 17.7 Å². The number of aliphatic hydroxyl groups excluding tert-OH is 1. The van der Waals surface area contributed by atoms with E-state index in [9.17, 15) is 9.90 Å². The molecule has 0 saturated carbocycles. The van der Waals surface area contributed by atoms with Gasteiger partial charge in [0.05, 0.1) is 20.1 Å². The molecule has 0 aliphatic heterocycles. The van der Waals surface area contributed by atoms with Gasteiger partial charge >= 0.3 is 5.97 Å². The van der Waals surface area contributed by atoms with Crippen LogP contribution in [-0.2, 0) is 17.8 Å². The van der Waals surface area contributed by atoms with Crippen molar-refractivity contribution in [2.75, 3.05) is 7.11 Å². The normalized spacial score (nSPS) is 10.3. The molecule has 0 aliphatic rings. The molecule has 2 aromatic carbocycles. The van der Waals surface area contributed by atoms with Crippen LogP contribution in [0.15, 0.2) is 36.4 Å². The summed E-state index contributed by atoms with van der Waals surface area (Å²) in [5.41, 5.74) is 1.11. The van der Waals surface area contributed by atoms with Crippen LogP contribution >= 0.6 is 11.6 Å². The van der Waals surface area contributed by atoms with Crippen molar-refractivity contribution in [3.8, 4) is 17.2 Å². The molecule has 6 heteroatoms. The highest BCUT2D eigenvalue weighted by atomic mass is 35.5. The second-order valence-corrected chi connectivity index (χ2v) is 5.00. The number of halogens is 1. The number of benzene rings is 2. The molecule has 0 atom stereocenters. The van der Waals surface area contributed by atoms with Gasteiger partial charge in [0, 0.05) is 10.6 Å². The van der Waals surface area contributed by atoms with Crippen molar-refractivity contribution < 1.29 is 24.5 Å². The topological polar surface area (TPSA) is 76.0 Å². The highest BCUT2D eigenvalue weighted by Gasteiger charge is 2.12. The van der Waals surface area contributed by atoms with Crippen LogP contribution in [0.2, 0.25) is 5.02 Å². The van der Waals surface area contributed by atoms with Crippen molar-refractivity contribution in [3.05, 3.63) is 52.5 Å². The van der Waals surface area contributed by atoms with Crippen LogP contribution in [0.5, 0.6) is 17.2 Å². The van der Waals surface area contributed by atoms with Crippen LogP contribution in [0, 0.1) is 0 Å². The number of methoxy groups -OCH3 is 1. The molecule has 0 radical (unpaired) electrons. The van der Waals surface area contributed by atoms with Gasteiger partial charge in [0.25, 0.3) is 0 Å². The standard InChI is InChI=1S/C16H15ClO5/c1-21-14-4-2-10(7-16(19)20)6-15(14)22-13-5-3-12(17)8-11(13)9-18/h2-6,8,18H,7,9H2,1H3,(H,19,20). The van der Waals surface area contributed by atoms with Gasteiger partial charge < -0.3 is 19.7 Å². The van der Waals surface area contributed by atoms with Crippen LogP contribution in [-0.4, -0.2) is 23.3 Å². The predicted octanol–water partition coefficient (Wildman–Crippen LogP) is 3.26. The number of ether oxygens (including phenoxy) is 2. The zero-order chi connectivity index (χ0) is 16.1. The molecular formula is C16H15ClO5. The number of aliphatic hydroxyl groups is 1. The highest BCUT2D eigenvalue weighted by molar-refractivity contribution is 6.30. The van der Waals surface area contributed by atoms with Crippen molar-refractivity contribution in [3.63, 3.8) is 0 Å². The van der Waals surface area contributed by atoms with Crippen LogP contribution < -0.4 is 9.47 Å². The average Bonchev–Trinajstić information content (AvgIpc) is 2.48. The number of aliphatic carboxylic acids is 1. The van der Waals surface area contributed by atoms with E-state index < -0.39 is 5.97 Å². The van der Waals surface area contributed by atoms with Gasteiger partial charge in [-0.15, -0.1) is 0 Å². The summed E-state index contributed by atoms with van der Waals surface area (Å²) >= 11 is 5.88. The van der Waals surface area contributed by atoms with Gasteiger partial charge in [0.1, 0.15) is 5.75 Å². The smallest absolute Gasteiger partial charge is 0.307 e. The first-order valence-corrected chi connectivity index (χ1v) is 6.87. The zero-order valence-electron chi connectivity index (χ0n) is 11.9. The molecule has 0 unspecified atom stereocenters. The van der Waals surface area contributed by atoms with E-state index in [0.717, 1.165) is 0 Å². The van der Waals surface area contributed by atoms with Crippen LogP contribution in [0.3, 0.4) is 0 Å². The summed E-state index contributed by atoms with van der Waals surface area (Å²) in [6, 6.07) is 9.78. The summed E-state index contributed by atoms with van der Waals surface area (Å²) in [7, 11) is 1.49. The Morgan fingerprint density at radius 3 is 2.50 bits per heavy atom. The van der Waals surface area contributed by atoms with E-state index in [4.69, 9.17) is 26.2 Å². The molecule has 2 N–H and O–H groups in total. The van der Waals surface area contributed by atoms with E-state index in [-0.39, 0.29) is 13.0 Å². The van der Waals surface area contributed by atoms with Crippen molar-refractivity contribution in [2.24, 2.45) is 0 Å². The Bertz CT molecular complexity index is 684. The predicted molar refractivity (Wildman–Crippen MR) is 81.8 cm³/mol. The summed E-state index contributed by atoms with van der Waals surface area (Å²) in [6.07, 6.45) is -0.117. The third-order valence-corrected chi connectivity index (χ3v) is 3.23. The fraction of sp³-hybridized carbons (Fsp3) is 0.188. The summed E-state index contributed by atoms with van der Waals surface area (Å²) < 4.78 is 11.0. The van der Waals surface area contributed by atoms with Crippen molar-refractivity contribution >= 4 is 17.6 Å². The lowest BCUT2D eigenvalue weighted by Crippen LogP contribution is -2.01. The lowest BCUT2D eigenvalue weighted by atomic mass is 10.1. The maximum Gasteiger partial charge on any atom is 0.307 e. The number of rotatable bonds is 6. The molecule has 2 aromatic rings. The van der Waals surface area contributed by atoms with Crippen molar-refractivity contribution in [1.29, 1.82) is 0 Å². The lowest BCUT2D eigenvalue weighted by molar-refractivity contribution is -0.136. The first-order valence-electron chi connectivity index (χ1n) is 6.49. The molecular weight excluding hydrogens is 308 g/mol. The third kappa shape index (κ3) is 3.90. The van der Waals surface area contributed by atoms with E-state index in [0.29, 0.717) is 33.4 Å². The zero-order valence-corrected chi connectivity index (χ0v) is 12.6. The first kappa shape index (κ1) is 16.1. The lowest BCUT2D eigenvalue weighted by Gasteiger charge is -2.14. The van der Waals surface area contributed by atoms with Gasteiger partial charge in [-0.2, -0.15) is 0 Å². The Kier molecular flexibility index (Phi) is 5.25. The molecule has 0 aliphatic carbocycles. The maximum atomic E-state index is 10.8. The maximum absolute atomic E-state index is 10.8. The first-order chi connectivity index (χ1) is 10.5. The summed E-state index contributed by atoms with van der Waals surface area (Å²) in [5.74, 6) is 0.336. The van der Waals surface area contributed by atoms with Crippen LogP contribution in [0.4, 0.5) is 0 Å². The number of hydrogen-bond donors (Lipinski definition) is 2. The van der Waals surface area contributed by atoms with Gasteiger partial charge in [-0.05, 0) is 35.9 Å². The van der Waals surface area contributed by atoms with Crippen LogP contribution in [0.1, 0.15) is 11.1 Å². The molecule has 2 rings (SSSR count). The Balaban J connectivity index is 2.36. The Morgan fingerprint density at radius 1 is 1.14 bits per heavy atom. The summed E-state index contributed by atoms with van der Waals surface area (Å²) in [4.78, 5) is 10.8. The number of carbonyl (C=O) groups is 1. The second-order valence-electron chi connectivity index (χ2n) is 4.57. The Labute approximate surface area is 132 Å². The molecule has 0 heterocycles. The Hall–Kier alpha value is -2.24. The molecule has 22 heavy (non-hydrogen) atoms. The van der Waals surface area contributed by atoms with Gasteiger partial charge in [0.2, 0.25) is 0 Å². The van der Waals surface area contributed by atoms with Gasteiger partial charge in [-0.25, -0.2) is 0 Å². The SMILES string of the molecule is COc1ccc(CC(=O)O)cc1Oc1ccc(Cl)cc1CO. The Morgan fingerprint density at radius 2 is 1.86 bits per heavy atom. The number of carboxylic acid groups (broad SMARTS) is 1. The quantitative estimate of drug-likeness (QED) is 0.853. The molecule has 0 amide bonds. The monoisotopic (exact) mass is 322 g/mol. The number of carboxylic acids is 1. The summed E-state index contributed by atoms with van der Waals surface area (Å²) in [5, 5.41) is 18.7. The molecule has 0 fully saturated rings. The van der Waals surface area contributed by atoms with Crippen molar-refractivity contribution in [1.82, 2.24) is 0 Å². The summed E-state index contributed by atoms with van der Waals surface area (Å²) in [6.45, 7) is -0.229. The molecule has 116 valence electrons. The number of hydrogen-bond acceptors (Lipinski definition) is 4.